The highest BCUT2D eigenvalue weighted by atomic mass is 35.5. The predicted octanol–water partition coefficient (Wildman–Crippen LogP) is 5.47. The van der Waals surface area contributed by atoms with Crippen LogP contribution in [-0.2, 0) is 9.53 Å². The van der Waals surface area contributed by atoms with Crippen molar-refractivity contribution < 1.29 is 14.6 Å². The fourth-order valence-corrected chi connectivity index (χ4v) is 5.65. The number of esters is 1. The molecule has 4 nitrogen and oxygen atoms in total. The Hall–Kier alpha value is -2.17. The van der Waals surface area contributed by atoms with E-state index in [0.29, 0.717) is 12.3 Å². The monoisotopic (exact) mass is 441 g/mol. The molecule has 0 radical (unpaired) electrons. The molecule has 0 bridgehead atoms. The summed E-state index contributed by atoms with van der Waals surface area (Å²) in [7, 11) is 0. The highest BCUT2D eigenvalue weighted by molar-refractivity contribution is 5.85. The fourth-order valence-electron chi connectivity index (χ4n) is 5.65. The van der Waals surface area contributed by atoms with Crippen molar-refractivity contribution in [2.45, 2.75) is 52.2 Å². The molecule has 1 N–H and O–H groups in total. The summed E-state index contributed by atoms with van der Waals surface area (Å²) in [6.07, 6.45) is 7.27. The number of fused-ring (bicyclic) bond motifs is 1. The summed E-state index contributed by atoms with van der Waals surface area (Å²) >= 11 is 0. The number of allylic oxidation sites excluding steroid dienone is 1. The molecule has 1 aliphatic carbocycles. The molecule has 2 aromatic rings. The van der Waals surface area contributed by atoms with Gasteiger partial charge in [0.1, 0.15) is 6.10 Å². The van der Waals surface area contributed by atoms with E-state index >= 15 is 0 Å². The van der Waals surface area contributed by atoms with Crippen LogP contribution in [-0.4, -0.2) is 27.8 Å². The lowest BCUT2D eigenvalue weighted by atomic mass is 9.59. The van der Waals surface area contributed by atoms with Crippen molar-refractivity contribution in [2.75, 3.05) is 0 Å². The van der Waals surface area contributed by atoms with Crippen LogP contribution in [0, 0.1) is 30.6 Å². The molecule has 0 spiro atoms. The van der Waals surface area contributed by atoms with E-state index in [9.17, 15) is 9.90 Å². The number of hydrogen-bond acceptors (Lipinski definition) is 4. The number of carbonyl (C=O) groups is 1. The molecule has 1 saturated heterocycles. The van der Waals surface area contributed by atoms with Gasteiger partial charge in [0.05, 0.1) is 5.69 Å². The van der Waals surface area contributed by atoms with Gasteiger partial charge in [-0.2, -0.15) is 0 Å². The lowest BCUT2D eigenvalue weighted by Crippen LogP contribution is -2.53. The molecule has 31 heavy (non-hydrogen) atoms. The van der Waals surface area contributed by atoms with Gasteiger partial charge < -0.3 is 9.84 Å². The van der Waals surface area contributed by atoms with E-state index in [4.69, 9.17) is 4.74 Å². The minimum Gasteiger partial charge on any atom is -0.460 e. The number of nitrogens with zero attached hydrogens (tertiary/aromatic N) is 1. The molecule has 1 aromatic heterocycles. The summed E-state index contributed by atoms with van der Waals surface area (Å²) in [4.78, 5) is 17.0. The number of aromatic nitrogens is 1. The number of pyridine rings is 1. The van der Waals surface area contributed by atoms with Crippen molar-refractivity contribution in [1.82, 2.24) is 4.98 Å². The first kappa shape index (κ1) is 23.5. The molecule has 1 aliphatic heterocycles. The Labute approximate surface area is 191 Å². The number of aryl methyl sites for hydroxylation is 1. The Kier molecular flexibility index (Phi) is 6.92. The number of hydrogen-bond donors (Lipinski definition) is 1. The standard InChI is InChI=1S/C26H31NO3.ClH/c1-5-22-17(3)14-26(29)24(18(4)30-25(26)28)23(22)12-11-21-10-9-20(15-27-21)19-8-6-7-16(2)13-19;/h6-13,15,17-18,22-24,29H,5,14H2,1-4H3;1H/b12-11+;/t17-,18+,22+,23-,24-,26-;/m0./s1. The Morgan fingerprint density at radius 2 is 2.00 bits per heavy atom. The van der Waals surface area contributed by atoms with Gasteiger partial charge in [-0.25, -0.2) is 4.79 Å². The minimum atomic E-state index is -1.37. The zero-order chi connectivity index (χ0) is 21.5. The predicted molar refractivity (Wildman–Crippen MR) is 126 cm³/mol. The molecular weight excluding hydrogens is 410 g/mol. The SMILES string of the molecule is CC[C@H]1[C@H](/C=C/c2ccc(-c3cccc(C)c3)cn2)[C@@H]2[C@@H](C)OC(=O)[C@]2(O)C[C@@H]1C.Cl. The maximum atomic E-state index is 12.4. The Bertz CT molecular complexity index is 957. The number of carbonyl (C=O) groups excluding carboxylic acids is 1. The third-order valence-corrected chi connectivity index (χ3v) is 7.08. The third-order valence-electron chi connectivity index (χ3n) is 7.08. The Morgan fingerprint density at radius 1 is 1.23 bits per heavy atom. The van der Waals surface area contributed by atoms with Crippen molar-refractivity contribution in [3.8, 4) is 11.1 Å². The van der Waals surface area contributed by atoms with Crippen molar-refractivity contribution >= 4 is 24.5 Å². The Balaban J connectivity index is 0.00000272. The number of aliphatic hydroxyl groups is 1. The van der Waals surface area contributed by atoms with E-state index in [-0.39, 0.29) is 36.3 Å². The van der Waals surface area contributed by atoms with Gasteiger partial charge in [0, 0.05) is 17.7 Å². The van der Waals surface area contributed by atoms with Gasteiger partial charge in [0.2, 0.25) is 0 Å². The normalized spacial score (nSPS) is 32.4. The van der Waals surface area contributed by atoms with E-state index in [1.165, 1.54) is 5.56 Å². The van der Waals surface area contributed by atoms with Crippen molar-refractivity contribution in [1.29, 1.82) is 0 Å². The van der Waals surface area contributed by atoms with Gasteiger partial charge in [-0.1, -0.05) is 62.2 Å². The maximum absolute atomic E-state index is 12.4. The van der Waals surface area contributed by atoms with Crippen LogP contribution in [0.1, 0.15) is 44.9 Å². The second-order valence-electron chi connectivity index (χ2n) is 9.09. The van der Waals surface area contributed by atoms with E-state index in [0.717, 1.165) is 23.2 Å². The second-order valence-corrected chi connectivity index (χ2v) is 9.09. The number of benzene rings is 1. The quantitative estimate of drug-likeness (QED) is 0.639. The van der Waals surface area contributed by atoms with Gasteiger partial charge in [-0.3, -0.25) is 4.98 Å². The van der Waals surface area contributed by atoms with Crippen molar-refractivity contribution in [3.05, 3.63) is 59.9 Å². The molecule has 2 heterocycles. The summed E-state index contributed by atoms with van der Waals surface area (Å²) in [6.45, 7) is 8.31. The second kappa shape index (κ2) is 9.13. The van der Waals surface area contributed by atoms with Crippen LogP contribution >= 0.6 is 12.4 Å². The van der Waals surface area contributed by atoms with Crippen LogP contribution in [0.25, 0.3) is 17.2 Å². The largest absolute Gasteiger partial charge is 0.460 e. The number of cyclic esters (lactones) is 1. The average Bonchev–Trinajstić information content (AvgIpc) is 2.94. The van der Waals surface area contributed by atoms with Crippen molar-refractivity contribution in [2.24, 2.45) is 23.7 Å². The lowest BCUT2D eigenvalue weighted by molar-refractivity contribution is -0.160. The van der Waals surface area contributed by atoms with Gasteiger partial charge in [0.15, 0.2) is 5.60 Å². The fraction of sp³-hybridized carbons (Fsp3) is 0.462. The molecule has 1 saturated carbocycles. The Morgan fingerprint density at radius 3 is 2.65 bits per heavy atom. The average molecular weight is 442 g/mol. The number of rotatable bonds is 4. The topological polar surface area (TPSA) is 59.4 Å². The molecule has 4 rings (SSSR count). The molecule has 2 fully saturated rings. The summed E-state index contributed by atoms with van der Waals surface area (Å²) < 4.78 is 5.47. The summed E-state index contributed by atoms with van der Waals surface area (Å²) in [5.41, 5.74) is 2.98. The zero-order valence-corrected chi connectivity index (χ0v) is 19.4. The zero-order valence-electron chi connectivity index (χ0n) is 18.6. The molecular formula is C26H32ClNO3. The maximum Gasteiger partial charge on any atom is 0.338 e. The van der Waals surface area contributed by atoms with Gasteiger partial charge in [-0.15, -0.1) is 12.4 Å². The first-order chi connectivity index (χ1) is 14.3. The molecule has 2 aliphatic rings. The van der Waals surface area contributed by atoms with Gasteiger partial charge >= 0.3 is 5.97 Å². The van der Waals surface area contributed by atoms with E-state index in [1.807, 2.05) is 25.3 Å². The molecule has 0 unspecified atom stereocenters. The van der Waals surface area contributed by atoms with E-state index < -0.39 is 11.6 Å². The number of halogens is 1. The lowest BCUT2D eigenvalue weighted by Gasteiger charge is -2.45. The summed E-state index contributed by atoms with van der Waals surface area (Å²) in [5.74, 6) is 0.0494. The molecule has 1 aromatic carbocycles. The first-order valence-corrected chi connectivity index (χ1v) is 11.0. The molecule has 6 atom stereocenters. The van der Waals surface area contributed by atoms with Crippen LogP contribution in [0.3, 0.4) is 0 Å². The van der Waals surface area contributed by atoms with Crippen LogP contribution in [0.2, 0.25) is 0 Å². The van der Waals surface area contributed by atoms with E-state index in [1.54, 1.807) is 0 Å². The van der Waals surface area contributed by atoms with Gasteiger partial charge in [0.25, 0.3) is 0 Å². The summed E-state index contributed by atoms with van der Waals surface area (Å²) in [5, 5.41) is 11.2. The third kappa shape index (κ3) is 4.28. The highest BCUT2D eigenvalue weighted by Crippen LogP contribution is 2.52. The highest BCUT2D eigenvalue weighted by Gasteiger charge is 2.62. The number of ether oxygens (including phenoxy) is 1. The molecule has 5 heteroatoms. The van der Waals surface area contributed by atoms with Crippen LogP contribution in [0.15, 0.2) is 48.7 Å². The van der Waals surface area contributed by atoms with Crippen LogP contribution < -0.4 is 0 Å². The first-order valence-electron chi connectivity index (χ1n) is 11.0. The minimum absolute atomic E-state index is 0. The smallest absolute Gasteiger partial charge is 0.338 e. The summed E-state index contributed by atoms with van der Waals surface area (Å²) in [6, 6.07) is 12.5. The van der Waals surface area contributed by atoms with Crippen molar-refractivity contribution in [3.63, 3.8) is 0 Å². The molecule has 0 amide bonds. The van der Waals surface area contributed by atoms with Gasteiger partial charge in [-0.05, 0) is 55.7 Å². The molecule has 166 valence electrons. The van der Waals surface area contributed by atoms with Crippen LogP contribution in [0.4, 0.5) is 0 Å². The van der Waals surface area contributed by atoms with Crippen LogP contribution in [0.5, 0.6) is 0 Å². The van der Waals surface area contributed by atoms with E-state index in [2.05, 4.69) is 62.2 Å².